The molecule has 0 radical (unpaired) electrons. The summed E-state index contributed by atoms with van der Waals surface area (Å²) in [5, 5.41) is 0. The monoisotopic (exact) mass is 391 g/mol. The zero-order valence-electron chi connectivity index (χ0n) is 16.8. The fourth-order valence-corrected chi connectivity index (χ4v) is 4.11. The molecule has 6 nitrogen and oxygen atoms in total. The van der Waals surface area contributed by atoms with Gasteiger partial charge >= 0.3 is 0 Å². The van der Waals surface area contributed by atoms with E-state index in [4.69, 9.17) is 4.74 Å². The normalized spacial score (nSPS) is 23.5. The summed E-state index contributed by atoms with van der Waals surface area (Å²) in [6, 6.07) is 6.06. The molecule has 0 bridgehead atoms. The number of halogens is 1. The maximum atomic E-state index is 13.6. The van der Waals surface area contributed by atoms with Gasteiger partial charge in [0.25, 0.3) is 5.91 Å². The van der Waals surface area contributed by atoms with Gasteiger partial charge in [-0.3, -0.25) is 14.5 Å². The summed E-state index contributed by atoms with van der Waals surface area (Å²) in [5.41, 5.74) is 0. The zero-order valence-corrected chi connectivity index (χ0v) is 16.8. The SMILES string of the molecule is CC1CC(C)CN(C(=O)CN2CCN(C(=O)COc3ccccc3F)CC2)C1. The lowest BCUT2D eigenvalue weighted by atomic mass is 9.92. The van der Waals surface area contributed by atoms with Gasteiger partial charge in [-0.1, -0.05) is 26.0 Å². The molecule has 3 rings (SSSR count). The Bertz CT molecular complexity index is 681. The summed E-state index contributed by atoms with van der Waals surface area (Å²) in [4.78, 5) is 30.7. The number of ether oxygens (including phenoxy) is 1. The maximum absolute atomic E-state index is 13.6. The summed E-state index contributed by atoms with van der Waals surface area (Å²) < 4.78 is 18.9. The van der Waals surface area contributed by atoms with Crippen LogP contribution in [0.4, 0.5) is 4.39 Å². The van der Waals surface area contributed by atoms with E-state index in [0.717, 1.165) is 13.1 Å². The predicted molar refractivity (Wildman–Crippen MR) is 104 cm³/mol. The predicted octanol–water partition coefficient (Wildman–Crippen LogP) is 1.85. The van der Waals surface area contributed by atoms with Crippen molar-refractivity contribution < 1.29 is 18.7 Å². The van der Waals surface area contributed by atoms with Crippen LogP contribution in [0.25, 0.3) is 0 Å². The minimum atomic E-state index is -0.472. The van der Waals surface area contributed by atoms with Gasteiger partial charge in [-0.25, -0.2) is 4.39 Å². The Hall–Kier alpha value is -2.15. The Balaban J connectivity index is 1.41. The third kappa shape index (κ3) is 5.44. The van der Waals surface area contributed by atoms with Crippen molar-refractivity contribution in [2.24, 2.45) is 11.8 Å². The maximum Gasteiger partial charge on any atom is 0.260 e. The molecule has 2 unspecified atom stereocenters. The van der Waals surface area contributed by atoms with Crippen molar-refractivity contribution in [1.82, 2.24) is 14.7 Å². The van der Waals surface area contributed by atoms with Crippen LogP contribution in [0.2, 0.25) is 0 Å². The molecule has 2 aliphatic rings. The van der Waals surface area contributed by atoms with E-state index in [1.54, 1.807) is 17.0 Å². The van der Waals surface area contributed by atoms with Crippen LogP contribution in [0.15, 0.2) is 24.3 Å². The summed E-state index contributed by atoms with van der Waals surface area (Å²) in [6.45, 7) is 8.75. The van der Waals surface area contributed by atoms with Crippen molar-refractivity contribution in [3.05, 3.63) is 30.1 Å². The molecule has 0 N–H and O–H groups in total. The van der Waals surface area contributed by atoms with E-state index in [-0.39, 0.29) is 24.2 Å². The van der Waals surface area contributed by atoms with E-state index in [1.807, 2.05) is 4.90 Å². The highest BCUT2D eigenvalue weighted by molar-refractivity contribution is 5.79. The van der Waals surface area contributed by atoms with E-state index in [0.29, 0.717) is 44.6 Å². The van der Waals surface area contributed by atoms with Crippen LogP contribution < -0.4 is 4.74 Å². The number of likely N-dealkylation sites (tertiary alicyclic amines) is 1. The summed E-state index contributed by atoms with van der Waals surface area (Å²) in [7, 11) is 0. The number of hydrogen-bond donors (Lipinski definition) is 0. The van der Waals surface area contributed by atoms with Crippen LogP contribution in [-0.2, 0) is 9.59 Å². The molecule has 1 aromatic carbocycles. The van der Waals surface area contributed by atoms with Crippen molar-refractivity contribution >= 4 is 11.8 Å². The third-order valence-corrected chi connectivity index (χ3v) is 5.49. The molecule has 0 spiro atoms. The summed E-state index contributed by atoms with van der Waals surface area (Å²) in [6.07, 6.45) is 1.18. The molecule has 154 valence electrons. The average molecular weight is 391 g/mol. The Morgan fingerprint density at radius 1 is 1.00 bits per heavy atom. The zero-order chi connectivity index (χ0) is 20.1. The van der Waals surface area contributed by atoms with Crippen molar-refractivity contribution in [2.45, 2.75) is 20.3 Å². The number of rotatable bonds is 5. The van der Waals surface area contributed by atoms with E-state index in [9.17, 15) is 14.0 Å². The van der Waals surface area contributed by atoms with E-state index < -0.39 is 5.82 Å². The highest BCUT2D eigenvalue weighted by Gasteiger charge is 2.28. The molecule has 2 heterocycles. The molecule has 7 heteroatoms. The van der Waals surface area contributed by atoms with Gasteiger partial charge in [0.05, 0.1) is 6.54 Å². The molecule has 2 atom stereocenters. The first kappa shape index (κ1) is 20.6. The second kappa shape index (κ2) is 9.37. The Morgan fingerprint density at radius 2 is 1.64 bits per heavy atom. The number of para-hydroxylation sites is 1. The van der Waals surface area contributed by atoms with Crippen molar-refractivity contribution in [3.8, 4) is 5.75 Å². The second-order valence-electron chi connectivity index (χ2n) is 8.12. The lowest BCUT2D eigenvalue weighted by Gasteiger charge is -2.38. The van der Waals surface area contributed by atoms with E-state index in [2.05, 4.69) is 18.7 Å². The molecule has 2 saturated heterocycles. The van der Waals surface area contributed by atoms with Gasteiger partial charge in [-0.05, 0) is 30.4 Å². The van der Waals surface area contributed by atoms with Crippen molar-refractivity contribution in [2.75, 3.05) is 52.4 Å². The van der Waals surface area contributed by atoms with Crippen LogP contribution in [0.5, 0.6) is 5.75 Å². The topological polar surface area (TPSA) is 53.1 Å². The standard InChI is InChI=1S/C21H30FN3O3/c1-16-11-17(2)13-25(12-16)20(26)14-23-7-9-24(10-8-23)21(27)15-28-19-6-4-3-5-18(19)22/h3-6,16-17H,7-15H2,1-2H3. The smallest absolute Gasteiger partial charge is 0.260 e. The van der Waals surface area contributed by atoms with Crippen LogP contribution in [-0.4, -0.2) is 78.9 Å². The quantitative estimate of drug-likeness (QED) is 0.769. The minimum Gasteiger partial charge on any atom is -0.481 e. The summed E-state index contributed by atoms with van der Waals surface area (Å²) >= 11 is 0. The molecule has 28 heavy (non-hydrogen) atoms. The molecule has 0 saturated carbocycles. The first-order valence-corrected chi connectivity index (χ1v) is 10.1. The lowest BCUT2D eigenvalue weighted by Crippen LogP contribution is -2.53. The minimum absolute atomic E-state index is 0.0880. The van der Waals surface area contributed by atoms with Crippen LogP contribution in [0, 0.1) is 17.7 Å². The summed E-state index contributed by atoms with van der Waals surface area (Å²) in [5.74, 6) is 0.743. The highest BCUT2D eigenvalue weighted by atomic mass is 19.1. The number of amides is 2. The largest absolute Gasteiger partial charge is 0.481 e. The molecule has 0 aliphatic carbocycles. The van der Waals surface area contributed by atoms with Crippen LogP contribution in [0.1, 0.15) is 20.3 Å². The van der Waals surface area contributed by atoms with Gasteiger partial charge in [0, 0.05) is 39.3 Å². The average Bonchev–Trinajstić information content (AvgIpc) is 2.67. The molecule has 0 aromatic heterocycles. The Labute approximate surface area is 166 Å². The van der Waals surface area contributed by atoms with Crippen molar-refractivity contribution in [1.29, 1.82) is 0 Å². The molecule has 1 aromatic rings. The van der Waals surface area contributed by atoms with Crippen LogP contribution >= 0.6 is 0 Å². The molecule has 2 aliphatic heterocycles. The number of benzene rings is 1. The van der Waals surface area contributed by atoms with E-state index in [1.165, 1.54) is 18.6 Å². The molecule has 2 amide bonds. The fourth-order valence-electron chi connectivity index (χ4n) is 4.11. The number of nitrogens with zero attached hydrogens (tertiary/aromatic N) is 3. The molecular weight excluding hydrogens is 361 g/mol. The van der Waals surface area contributed by atoms with E-state index >= 15 is 0 Å². The Kier molecular flexibility index (Phi) is 6.88. The van der Waals surface area contributed by atoms with Gasteiger partial charge in [0.15, 0.2) is 18.2 Å². The molecular formula is C21H30FN3O3. The number of hydrogen-bond acceptors (Lipinski definition) is 4. The van der Waals surface area contributed by atoms with Gasteiger partial charge in [0.1, 0.15) is 0 Å². The first-order valence-electron chi connectivity index (χ1n) is 10.1. The first-order chi connectivity index (χ1) is 13.4. The lowest BCUT2D eigenvalue weighted by molar-refractivity contribution is -0.137. The van der Waals surface area contributed by atoms with Gasteiger partial charge < -0.3 is 14.5 Å². The number of piperazine rings is 1. The molecule has 2 fully saturated rings. The third-order valence-electron chi connectivity index (χ3n) is 5.49. The number of carbonyl (C=O) groups is 2. The number of piperidine rings is 1. The Morgan fingerprint density at radius 3 is 2.29 bits per heavy atom. The van der Waals surface area contributed by atoms with Crippen molar-refractivity contribution in [3.63, 3.8) is 0 Å². The fraction of sp³-hybridized carbons (Fsp3) is 0.619. The highest BCUT2D eigenvalue weighted by Crippen LogP contribution is 2.21. The second-order valence-corrected chi connectivity index (χ2v) is 8.12. The number of carbonyl (C=O) groups excluding carboxylic acids is 2. The van der Waals surface area contributed by atoms with Crippen LogP contribution in [0.3, 0.4) is 0 Å². The van der Waals surface area contributed by atoms with Gasteiger partial charge in [-0.2, -0.15) is 0 Å². The van der Waals surface area contributed by atoms with Gasteiger partial charge in [-0.15, -0.1) is 0 Å². The van der Waals surface area contributed by atoms with Gasteiger partial charge in [0.2, 0.25) is 5.91 Å².